The quantitative estimate of drug-likeness (QED) is 0.771. The van der Waals surface area contributed by atoms with Crippen molar-refractivity contribution in [3.63, 3.8) is 0 Å². The Kier molecular flexibility index (Phi) is 4.18. The normalized spacial score (nSPS) is 17.5. The molecule has 1 aliphatic rings. The Labute approximate surface area is 108 Å². The van der Waals surface area contributed by atoms with Crippen LogP contribution in [0.25, 0.3) is 0 Å². The molecular weight excluding hydrogens is 236 g/mol. The van der Waals surface area contributed by atoms with Gasteiger partial charge in [0.2, 0.25) is 0 Å². The van der Waals surface area contributed by atoms with E-state index in [0.717, 1.165) is 50.8 Å². The first-order chi connectivity index (χ1) is 8.22. The number of nitrogens with zero attached hydrogens (tertiary/aromatic N) is 4. The first kappa shape index (κ1) is 12.6. The summed E-state index contributed by atoms with van der Waals surface area (Å²) in [6.45, 7) is 9.60. The van der Waals surface area contributed by atoms with E-state index in [-0.39, 0.29) is 0 Å². The van der Waals surface area contributed by atoms with Crippen LogP contribution in [0, 0.1) is 0 Å². The topological polar surface area (TPSA) is 32.3 Å². The van der Waals surface area contributed by atoms with Crippen molar-refractivity contribution in [1.29, 1.82) is 0 Å². The van der Waals surface area contributed by atoms with Crippen molar-refractivity contribution in [2.24, 2.45) is 0 Å². The van der Waals surface area contributed by atoms with Gasteiger partial charge in [0.25, 0.3) is 0 Å². The van der Waals surface area contributed by atoms with Crippen LogP contribution in [-0.2, 0) is 6.42 Å². The van der Waals surface area contributed by atoms with Gasteiger partial charge >= 0.3 is 0 Å². The molecule has 1 fully saturated rings. The van der Waals surface area contributed by atoms with E-state index in [1.807, 2.05) is 13.0 Å². The maximum atomic E-state index is 6.02. The van der Waals surface area contributed by atoms with Gasteiger partial charge in [-0.2, -0.15) is 0 Å². The predicted molar refractivity (Wildman–Crippen MR) is 70.7 cm³/mol. The molecule has 17 heavy (non-hydrogen) atoms. The molecular formula is C12H19ClN4. The Morgan fingerprint density at radius 2 is 1.88 bits per heavy atom. The SMILES string of the molecule is CCc1nc(Cl)cc(N2CCN(CC)CC2)n1. The third-order valence-electron chi connectivity index (χ3n) is 3.19. The van der Waals surface area contributed by atoms with E-state index in [2.05, 4.69) is 26.7 Å². The van der Waals surface area contributed by atoms with Gasteiger partial charge < -0.3 is 9.80 Å². The summed E-state index contributed by atoms with van der Waals surface area (Å²) >= 11 is 6.02. The second kappa shape index (κ2) is 5.65. The largest absolute Gasteiger partial charge is 0.354 e. The number of aryl methyl sites for hydroxylation is 1. The zero-order valence-corrected chi connectivity index (χ0v) is 11.2. The second-order valence-corrected chi connectivity index (χ2v) is 4.63. The highest BCUT2D eigenvalue weighted by Crippen LogP contribution is 2.18. The number of aromatic nitrogens is 2. The number of anilines is 1. The molecule has 0 unspecified atom stereocenters. The first-order valence-electron chi connectivity index (χ1n) is 6.23. The summed E-state index contributed by atoms with van der Waals surface area (Å²) in [4.78, 5) is 13.5. The van der Waals surface area contributed by atoms with Crippen LogP contribution in [0.15, 0.2) is 6.07 Å². The summed E-state index contributed by atoms with van der Waals surface area (Å²) in [5.74, 6) is 1.79. The second-order valence-electron chi connectivity index (χ2n) is 4.24. The third-order valence-corrected chi connectivity index (χ3v) is 3.38. The number of hydrogen-bond acceptors (Lipinski definition) is 4. The Morgan fingerprint density at radius 1 is 1.18 bits per heavy atom. The number of hydrogen-bond donors (Lipinski definition) is 0. The minimum absolute atomic E-state index is 0.546. The fourth-order valence-corrected chi connectivity index (χ4v) is 2.26. The fourth-order valence-electron chi connectivity index (χ4n) is 2.06. The monoisotopic (exact) mass is 254 g/mol. The number of halogens is 1. The minimum atomic E-state index is 0.546. The molecule has 4 nitrogen and oxygen atoms in total. The highest BCUT2D eigenvalue weighted by molar-refractivity contribution is 6.29. The van der Waals surface area contributed by atoms with Gasteiger partial charge in [0.15, 0.2) is 0 Å². The number of likely N-dealkylation sites (N-methyl/N-ethyl adjacent to an activating group) is 1. The van der Waals surface area contributed by atoms with Gasteiger partial charge in [0.1, 0.15) is 16.8 Å². The van der Waals surface area contributed by atoms with Crippen LogP contribution >= 0.6 is 11.6 Å². The summed E-state index contributed by atoms with van der Waals surface area (Å²) in [6, 6.07) is 1.86. The smallest absolute Gasteiger partial charge is 0.134 e. The summed E-state index contributed by atoms with van der Waals surface area (Å²) in [7, 11) is 0. The highest BCUT2D eigenvalue weighted by atomic mass is 35.5. The van der Waals surface area contributed by atoms with Gasteiger partial charge in [-0.1, -0.05) is 25.4 Å². The van der Waals surface area contributed by atoms with E-state index >= 15 is 0 Å². The molecule has 2 heterocycles. The van der Waals surface area contributed by atoms with Crippen molar-refractivity contribution >= 4 is 17.4 Å². The maximum Gasteiger partial charge on any atom is 0.134 e. The molecule has 0 bridgehead atoms. The lowest BCUT2D eigenvalue weighted by atomic mass is 10.3. The van der Waals surface area contributed by atoms with Gasteiger partial charge in [-0.25, -0.2) is 9.97 Å². The van der Waals surface area contributed by atoms with E-state index in [4.69, 9.17) is 11.6 Å². The van der Waals surface area contributed by atoms with Gasteiger partial charge in [0, 0.05) is 38.7 Å². The summed E-state index contributed by atoms with van der Waals surface area (Å²) in [5, 5.41) is 0.546. The average molecular weight is 255 g/mol. The molecule has 1 aromatic heterocycles. The standard InChI is InChI=1S/C12H19ClN4/c1-3-11-14-10(13)9-12(15-11)17-7-5-16(4-2)6-8-17/h9H,3-8H2,1-2H3. The Balaban J connectivity index is 2.10. The van der Waals surface area contributed by atoms with Crippen LogP contribution in [0.4, 0.5) is 5.82 Å². The molecule has 5 heteroatoms. The van der Waals surface area contributed by atoms with E-state index in [9.17, 15) is 0 Å². The molecule has 0 saturated carbocycles. The van der Waals surface area contributed by atoms with Crippen molar-refractivity contribution < 1.29 is 0 Å². The summed E-state index contributed by atoms with van der Waals surface area (Å²) < 4.78 is 0. The van der Waals surface area contributed by atoms with Gasteiger partial charge in [-0.3, -0.25) is 0 Å². The summed E-state index contributed by atoms with van der Waals surface area (Å²) in [5.41, 5.74) is 0. The zero-order chi connectivity index (χ0) is 12.3. The molecule has 1 saturated heterocycles. The molecule has 0 N–H and O–H groups in total. The number of rotatable bonds is 3. The Bertz CT molecular complexity index is 375. The van der Waals surface area contributed by atoms with Crippen LogP contribution < -0.4 is 4.90 Å². The van der Waals surface area contributed by atoms with Crippen molar-refractivity contribution in [1.82, 2.24) is 14.9 Å². The average Bonchev–Trinajstić information content (AvgIpc) is 2.38. The molecule has 1 aliphatic heterocycles. The molecule has 0 atom stereocenters. The van der Waals surface area contributed by atoms with Crippen LogP contribution in [0.5, 0.6) is 0 Å². The third kappa shape index (κ3) is 3.07. The van der Waals surface area contributed by atoms with E-state index in [0.29, 0.717) is 5.15 Å². The molecule has 1 aromatic rings. The van der Waals surface area contributed by atoms with Gasteiger partial charge in [-0.05, 0) is 6.54 Å². The van der Waals surface area contributed by atoms with Gasteiger partial charge in [0.05, 0.1) is 0 Å². The van der Waals surface area contributed by atoms with E-state index in [1.165, 1.54) is 0 Å². The lowest BCUT2D eigenvalue weighted by Gasteiger charge is -2.34. The molecule has 94 valence electrons. The van der Waals surface area contributed by atoms with Crippen molar-refractivity contribution in [2.45, 2.75) is 20.3 Å². The van der Waals surface area contributed by atoms with Crippen LogP contribution in [0.2, 0.25) is 5.15 Å². The summed E-state index contributed by atoms with van der Waals surface area (Å²) in [6.07, 6.45) is 0.822. The first-order valence-corrected chi connectivity index (χ1v) is 6.61. The molecule has 0 aliphatic carbocycles. The molecule has 0 aromatic carbocycles. The Morgan fingerprint density at radius 3 is 2.47 bits per heavy atom. The molecule has 0 amide bonds. The Hall–Kier alpha value is -0.870. The number of piperazine rings is 1. The van der Waals surface area contributed by atoms with Crippen molar-refractivity contribution in [3.05, 3.63) is 17.0 Å². The van der Waals surface area contributed by atoms with E-state index in [1.54, 1.807) is 0 Å². The molecule has 2 rings (SSSR count). The van der Waals surface area contributed by atoms with Crippen LogP contribution in [0.1, 0.15) is 19.7 Å². The molecule has 0 spiro atoms. The highest BCUT2D eigenvalue weighted by Gasteiger charge is 2.17. The van der Waals surface area contributed by atoms with Crippen molar-refractivity contribution in [2.75, 3.05) is 37.6 Å². The fraction of sp³-hybridized carbons (Fsp3) is 0.667. The zero-order valence-electron chi connectivity index (χ0n) is 10.5. The predicted octanol–water partition coefficient (Wildman–Crippen LogP) is 1.83. The van der Waals surface area contributed by atoms with Crippen LogP contribution in [-0.4, -0.2) is 47.6 Å². The maximum absolute atomic E-state index is 6.02. The van der Waals surface area contributed by atoms with Crippen LogP contribution in [0.3, 0.4) is 0 Å². The lowest BCUT2D eigenvalue weighted by Crippen LogP contribution is -2.46. The lowest BCUT2D eigenvalue weighted by molar-refractivity contribution is 0.270. The molecule has 0 radical (unpaired) electrons. The van der Waals surface area contributed by atoms with Crippen molar-refractivity contribution in [3.8, 4) is 0 Å². The van der Waals surface area contributed by atoms with E-state index < -0.39 is 0 Å². The van der Waals surface area contributed by atoms with Gasteiger partial charge in [-0.15, -0.1) is 0 Å². The minimum Gasteiger partial charge on any atom is -0.354 e.